The molecule has 0 spiro atoms. The minimum atomic E-state index is -0.447. The van der Waals surface area contributed by atoms with Gasteiger partial charge in [-0.3, -0.25) is 0 Å². The lowest BCUT2D eigenvalue weighted by molar-refractivity contribution is 0.197. The summed E-state index contributed by atoms with van der Waals surface area (Å²) < 4.78 is 0. The SMILES string of the molecule is CCc1nc(-c2cccnc2N(CC(C)O)C(C)C)c(CC)nc1NC(CC)CC. The molecule has 166 valence electrons. The predicted molar refractivity (Wildman–Crippen MR) is 126 cm³/mol. The third-order valence-electron chi connectivity index (χ3n) is 5.43. The molecule has 6 heteroatoms. The number of nitrogens with one attached hydrogen (secondary N) is 1. The smallest absolute Gasteiger partial charge is 0.148 e. The van der Waals surface area contributed by atoms with Crippen LogP contribution in [-0.4, -0.2) is 44.8 Å². The van der Waals surface area contributed by atoms with Crippen molar-refractivity contribution >= 4 is 11.6 Å². The van der Waals surface area contributed by atoms with Crippen molar-refractivity contribution < 1.29 is 5.11 Å². The number of hydrogen-bond acceptors (Lipinski definition) is 6. The average Bonchev–Trinajstić information content (AvgIpc) is 2.75. The van der Waals surface area contributed by atoms with Crippen LogP contribution in [0.3, 0.4) is 0 Å². The summed E-state index contributed by atoms with van der Waals surface area (Å²) >= 11 is 0. The van der Waals surface area contributed by atoms with Gasteiger partial charge < -0.3 is 15.3 Å². The van der Waals surface area contributed by atoms with Crippen LogP contribution < -0.4 is 10.2 Å². The molecule has 2 N–H and O–H groups in total. The van der Waals surface area contributed by atoms with Gasteiger partial charge in [-0.2, -0.15) is 0 Å². The van der Waals surface area contributed by atoms with Crippen molar-refractivity contribution in [2.45, 2.75) is 92.3 Å². The van der Waals surface area contributed by atoms with Gasteiger partial charge >= 0.3 is 0 Å². The molecule has 0 amide bonds. The maximum atomic E-state index is 10.0. The summed E-state index contributed by atoms with van der Waals surface area (Å²) in [5.41, 5.74) is 3.81. The second-order valence-corrected chi connectivity index (χ2v) is 8.15. The van der Waals surface area contributed by atoms with E-state index < -0.39 is 6.10 Å². The van der Waals surface area contributed by atoms with Gasteiger partial charge in [0.05, 0.1) is 23.2 Å². The van der Waals surface area contributed by atoms with Crippen molar-refractivity contribution in [2.24, 2.45) is 0 Å². The van der Waals surface area contributed by atoms with Crippen LogP contribution in [0, 0.1) is 0 Å². The number of nitrogens with zero attached hydrogens (tertiary/aromatic N) is 4. The monoisotopic (exact) mass is 413 g/mol. The Morgan fingerprint density at radius 1 is 1.00 bits per heavy atom. The molecule has 0 aliphatic rings. The maximum Gasteiger partial charge on any atom is 0.148 e. The summed E-state index contributed by atoms with van der Waals surface area (Å²) in [6.07, 6.45) is 5.07. The summed E-state index contributed by atoms with van der Waals surface area (Å²) in [6, 6.07) is 4.61. The molecule has 1 unspecified atom stereocenters. The lowest BCUT2D eigenvalue weighted by atomic mass is 10.1. The fourth-order valence-electron chi connectivity index (χ4n) is 3.65. The second-order valence-electron chi connectivity index (χ2n) is 8.15. The fraction of sp³-hybridized carbons (Fsp3) is 0.625. The van der Waals surface area contributed by atoms with E-state index in [0.29, 0.717) is 12.6 Å². The van der Waals surface area contributed by atoms with Crippen molar-refractivity contribution in [2.75, 3.05) is 16.8 Å². The molecule has 2 aromatic rings. The number of aryl methyl sites for hydroxylation is 2. The maximum absolute atomic E-state index is 10.0. The molecule has 6 nitrogen and oxygen atoms in total. The highest BCUT2D eigenvalue weighted by Gasteiger charge is 2.22. The molecule has 2 aromatic heterocycles. The molecular weight excluding hydrogens is 374 g/mol. The van der Waals surface area contributed by atoms with E-state index in [1.165, 1.54) is 0 Å². The first-order valence-corrected chi connectivity index (χ1v) is 11.4. The van der Waals surface area contributed by atoms with Gasteiger partial charge in [0.1, 0.15) is 11.6 Å². The van der Waals surface area contributed by atoms with Crippen LogP contribution in [0.5, 0.6) is 0 Å². The Morgan fingerprint density at radius 2 is 1.67 bits per heavy atom. The van der Waals surface area contributed by atoms with E-state index in [0.717, 1.165) is 60.0 Å². The summed E-state index contributed by atoms with van der Waals surface area (Å²) in [4.78, 5) is 16.9. The number of aliphatic hydroxyl groups excluding tert-OH is 1. The fourth-order valence-corrected chi connectivity index (χ4v) is 3.65. The summed E-state index contributed by atoms with van der Waals surface area (Å²) in [5.74, 6) is 1.75. The Labute approximate surface area is 182 Å². The van der Waals surface area contributed by atoms with E-state index in [4.69, 9.17) is 9.97 Å². The number of anilines is 2. The van der Waals surface area contributed by atoms with Crippen molar-refractivity contribution in [3.8, 4) is 11.3 Å². The van der Waals surface area contributed by atoms with Crippen LogP contribution in [0.1, 0.15) is 72.7 Å². The number of rotatable bonds is 11. The van der Waals surface area contributed by atoms with Crippen LogP contribution >= 0.6 is 0 Å². The van der Waals surface area contributed by atoms with Crippen LogP contribution in [0.4, 0.5) is 11.6 Å². The first kappa shape index (κ1) is 24.1. The van der Waals surface area contributed by atoms with E-state index in [2.05, 4.69) is 62.8 Å². The standard InChI is InChI=1S/C24H39N5O/c1-8-18(9-2)26-23-21(11-4)27-22(20(10-3)28-23)19-13-12-14-25-24(19)29(16(5)6)15-17(7)30/h12-14,16-18,30H,8-11,15H2,1-7H3,(H,26,28). The molecule has 2 rings (SSSR count). The summed E-state index contributed by atoms with van der Waals surface area (Å²) in [6.45, 7) is 15.2. The van der Waals surface area contributed by atoms with E-state index in [1.54, 1.807) is 6.20 Å². The third kappa shape index (κ3) is 5.69. The van der Waals surface area contributed by atoms with E-state index in [9.17, 15) is 5.11 Å². The van der Waals surface area contributed by atoms with Gasteiger partial charge in [0.25, 0.3) is 0 Å². The molecule has 0 fully saturated rings. The van der Waals surface area contributed by atoms with Crippen LogP contribution in [0.15, 0.2) is 18.3 Å². The molecule has 0 saturated heterocycles. The van der Waals surface area contributed by atoms with Crippen LogP contribution in [0.2, 0.25) is 0 Å². The quantitative estimate of drug-likeness (QED) is 0.548. The number of aromatic nitrogens is 3. The Balaban J connectivity index is 2.61. The highest BCUT2D eigenvalue weighted by atomic mass is 16.3. The van der Waals surface area contributed by atoms with Gasteiger partial charge in [0.15, 0.2) is 0 Å². The Morgan fingerprint density at radius 3 is 2.20 bits per heavy atom. The van der Waals surface area contributed by atoms with Crippen LogP contribution in [0.25, 0.3) is 11.3 Å². The number of aliphatic hydroxyl groups is 1. The first-order chi connectivity index (χ1) is 14.4. The Bertz CT molecular complexity index is 802. The van der Waals surface area contributed by atoms with E-state index >= 15 is 0 Å². The van der Waals surface area contributed by atoms with Crippen LogP contribution in [-0.2, 0) is 12.8 Å². The zero-order valence-corrected chi connectivity index (χ0v) is 19.7. The normalized spacial score (nSPS) is 12.5. The van der Waals surface area contributed by atoms with Crippen molar-refractivity contribution in [1.82, 2.24) is 15.0 Å². The zero-order chi connectivity index (χ0) is 22.3. The molecule has 0 aliphatic carbocycles. The Kier molecular flexibility index (Phi) is 9.03. The summed E-state index contributed by atoms with van der Waals surface area (Å²) in [5, 5.41) is 13.6. The molecule has 2 heterocycles. The average molecular weight is 414 g/mol. The Hall–Kier alpha value is -2.21. The lowest BCUT2D eigenvalue weighted by Crippen LogP contribution is -2.37. The van der Waals surface area contributed by atoms with Crippen molar-refractivity contribution in [1.29, 1.82) is 0 Å². The van der Waals surface area contributed by atoms with Crippen molar-refractivity contribution in [3.05, 3.63) is 29.7 Å². The highest BCUT2D eigenvalue weighted by Crippen LogP contribution is 2.32. The lowest BCUT2D eigenvalue weighted by Gasteiger charge is -2.31. The number of hydrogen-bond donors (Lipinski definition) is 2. The van der Waals surface area contributed by atoms with E-state index in [1.807, 2.05) is 13.0 Å². The molecule has 0 aliphatic heterocycles. The third-order valence-corrected chi connectivity index (χ3v) is 5.43. The van der Waals surface area contributed by atoms with E-state index in [-0.39, 0.29) is 6.04 Å². The molecule has 30 heavy (non-hydrogen) atoms. The summed E-state index contributed by atoms with van der Waals surface area (Å²) in [7, 11) is 0. The first-order valence-electron chi connectivity index (χ1n) is 11.4. The van der Waals surface area contributed by atoms with Gasteiger partial charge in [0.2, 0.25) is 0 Å². The molecular formula is C24H39N5O. The zero-order valence-electron chi connectivity index (χ0n) is 19.7. The minimum Gasteiger partial charge on any atom is -0.392 e. The second kappa shape index (κ2) is 11.3. The number of pyridine rings is 1. The molecule has 0 radical (unpaired) electrons. The molecule has 0 saturated carbocycles. The van der Waals surface area contributed by atoms with Gasteiger partial charge in [0, 0.05) is 30.4 Å². The topological polar surface area (TPSA) is 74.2 Å². The van der Waals surface area contributed by atoms with Gasteiger partial charge in [-0.15, -0.1) is 0 Å². The molecule has 0 aromatic carbocycles. The molecule has 0 bridgehead atoms. The largest absolute Gasteiger partial charge is 0.392 e. The predicted octanol–water partition coefficient (Wildman–Crippen LogP) is 4.86. The molecule has 1 atom stereocenters. The van der Waals surface area contributed by atoms with Gasteiger partial charge in [-0.1, -0.05) is 27.7 Å². The highest BCUT2D eigenvalue weighted by molar-refractivity contribution is 5.75. The minimum absolute atomic E-state index is 0.202. The van der Waals surface area contributed by atoms with Crippen molar-refractivity contribution in [3.63, 3.8) is 0 Å². The van der Waals surface area contributed by atoms with Gasteiger partial charge in [-0.05, 0) is 58.6 Å². The van der Waals surface area contributed by atoms with Gasteiger partial charge in [-0.25, -0.2) is 15.0 Å².